The van der Waals surface area contributed by atoms with E-state index in [9.17, 15) is 0 Å². The van der Waals surface area contributed by atoms with Gasteiger partial charge in [0.05, 0.1) is 12.7 Å². The van der Waals surface area contributed by atoms with Crippen LogP contribution in [0.15, 0.2) is 24.4 Å². The molecule has 0 N–H and O–H groups in total. The van der Waals surface area contributed by atoms with Crippen LogP contribution in [0.4, 0.5) is 0 Å². The van der Waals surface area contributed by atoms with Crippen LogP contribution < -0.4 is 0 Å². The summed E-state index contributed by atoms with van der Waals surface area (Å²) in [5, 5.41) is 0. The van der Waals surface area contributed by atoms with Crippen molar-refractivity contribution in [1.82, 2.24) is 9.88 Å². The van der Waals surface area contributed by atoms with Crippen LogP contribution in [0.25, 0.3) is 0 Å². The Hall–Kier alpha value is -0.930. The summed E-state index contributed by atoms with van der Waals surface area (Å²) in [5.41, 5.74) is 1.21. The minimum absolute atomic E-state index is 0.416. The largest absolute Gasteiger partial charge is 0.376 e. The first-order chi connectivity index (χ1) is 10.6. The maximum atomic E-state index is 5.98. The van der Waals surface area contributed by atoms with Crippen molar-refractivity contribution < 1.29 is 4.74 Å². The third-order valence-corrected chi connectivity index (χ3v) is 4.53. The second kappa shape index (κ2) is 9.26. The molecule has 1 aliphatic heterocycles. The monoisotopic (exact) mass is 304 g/mol. The topological polar surface area (TPSA) is 25.4 Å². The number of morpholine rings is 1. The molecule has 0 aromatic carbocycles. The normalized spacial score (nSPS) is 21.2. The summed E-state index contributed by atoms with van der Waals surface area (Å²) in [7, 11) is 0. The average Bonchev–Trinajstić information content (AvgIpc) is 2.52. The molecule has 22 heavy (non-hydrogen) atoms. The number of pyridine rings is 1. The molecule has 0 radical (unpaired) electrons. The highest BCUT2D eigenvalue weighted by molar-refractivity contribution is 5.03. The second-order valence-electron chi connectivity index (χ2n) is 7.18. The van der Waals surface area contributed by atoms with Gasteiger partial charge in [0.1, 0.15) is 0 Å². The summed E-state index contributed by atoms with van der Waals surface area (Å²) in [6.07, 6.45) is 7.04. The van der Waals surface area contributed by atoms with E-state index in [1.54, 1.807) is 0 Å². The molecule has 1 fully saturated rings. The third-order valence-electron chi connectivity index (χ3n) is 4.53. The molecule has 1 aliphatic rings. The Bertz CT molecular complexity index is 407. The molecule has 3 nitrogen and oxygen atoms in total. The maximum Gasteiger partial charge on any atom is 0.0705 e. The smallest absolute Gasteiger partial charge is 0.0705 e. The van der Waals surface area contributed by atoms with Gasteiger partial charge in [-0.25, -0.2) is 0 Å². The lowest BCUT2D eigenvalue weighted by Gasteiger charge is -2.34. The van der Waals surface area contributed by atoms with E-state index in [1.165, 1.54) is 31.5 Å². The SMILES string of the molecule is CC(C)CCN1CCOC(CC(C)CCc2ccccn2)C1. The number of nitrogens with zero attached hydrogens (tertiary/aromatic N) is 2. The maximum absolute atomic E-state index is 5.98. The van der Waals surface area contributed by atoms with Gasteiger partial charge in [-0.05, 0) is 56.2 Å². The highest BCUT2D eigenvalue weighted by atomic mass is 16.5. The lowest BCUT2D eigenvalue weighted by Crippen LogP contribution is -2.43. The molecule has 0 spiro atoms. The van der Waals surface area contributed by atoms with E-state index in [0.717, 1.165) is 32.0 Å². The van der Waals surface area contributed by atoms with Gasteiger partial charge in [-0.2, -0.15) is 0 Å². The standard InChI is InChI=1S/C19H32N2O/c1-16(2)9-11-21-12-13-22-19(15-21)14-17(3)7-8-18-6-4-5-10-20-18/h4-6,10,16-17,19H,7-9,11-15H2,1-3H3. The zero-order chi connectivity index (χ0) is 15.8. The molecule has 0 bridgehead atoms. The number of hydrogen-bond acceptors (Lipinski definition) is 3. The molecule has 1 saturated heterocycles. The fraction of sp³-hybridized carbons (Fsp3) is 0.737. The summed E-state index contributed by atoms with van der Waals surface area (Å²) in [5.74, 6) is 1.48. The molecule has 2 unspecified atom stereocenters. The van der Waals surface area contributed by atoms with Crippen LogP contribution in [0, 0.1) is 11.8 Å². The van der Waals surface area contributed by atoms with E-state index in [-0.39, 0.29) is 0 Å². The van der Waals surface area contributed by atoms with Gasteiger partial charge in [0.25, 0.3) is 0 Å². The van der Waals surface area contributed by atoms with Crippen LogP contribution in [-0.2, 0) is 11.2 Å². The molecule has 0 aliphatic carbocycles. The first-order valence-corrected chi connectivity index (χ1v) is 8.87. The Labute approximate surface area is 136 Å². The lowest BCUT2D eigenvalue weighted by atomic mass is 9.96. The van der Waals surface area contributed by atoms with Gasteiger partial charge in [0, 0.05) is 25.0 Å². The molecular formula is C19H32N2O. The molecule has 1 aromatic heterocycles. The minimum Gasteiger partial charge on any atom is -0.376 e. The zero-order valence-electron chi connectivity index (χ0n) is 14.5. The lowest BCUT2D eigenvalue weighted by molar-refractivity contribution is -0.0395. The van der Waals surface area contributed by atoms with Gasteiger partial charge in [-0.15, -0.1) is 0 Å². The van der Waals surface area contributed by atoms with Crippen molar-refractivity contribution in [3.05, 3.63) is 30.1 Å². The Balaban J connectivity index is 1.68. The number of aromatic nitrogens is 1. The molecule has 0 amide bonds. The van der Waals surface area contributed by atoms with E-state index in [2.05, 4.69) is 42.8 Å². The first kappa shape index (κ1) is 17.4. The number of hydrogen-bond donors (Lipinski definition) is 0. The van der Waals surface area contributed by atoms with Gasteiger partial charge in [0.15, 0.2) is 0 Å². The van der Waals surface area contributed by atoms with E-state index >= 15 is 0 Å². The molecule has 3 heteroatoms. The van der Waals surface area contributed by atoms with Crippen molar-refractivity contribution in [2.45, 2.75) is 52.6 Å². The molecule has 0 saturated carbocycles. The molecule has 124 valence electrons. The van der Waals surface area contributed by atoms with Crippen LogP contribution in [0.2, 0.25) is 0 Å². The Morgan fingerprint density at radius 2 is 2.14 bits per heavy atom. The van der Waals surface area contributed by atoms with Crippen LogP contribution >= 0.6 is 0 Å². The predicted molar refractivity (Wildman–Crippen MR) is 92.0 cm³/mol. The van der Waals surface area contributed by atoms with E-state index < -0.39 is 0 Å². The van der Waals surface area contributed by atoms with Crippen LogP contribution in [0.5, 0.6) is 0 Å². The van der Waals surface area contributed by atoms with Crippen molar-refractivity contribution in [2.75, 3.05) is 26.2 Å². The molecule has 2 rings (SSSR count). The van der Waals surface area contributed by atoms with Crippen LogP contribution in [0.3, 0.4) is 0 Å². The van der Waals surface area contributed by atoms with Crippen molar-refractivity contribution in [3.63, 3.8) is 0 Å². The Morgan fingerprint density at radius 3 is 2.86 bits per heavy atom. The van der Waals surface area contributed by atoms with Gasteiger partial charge in [0.2, 0.25) is 0 Å². The Kier molecular flexibility index (Phi) is 7.34. The molecular weight excluding hydrogens is 272 g/mol. The van der Waals surface area contributed by atoms with Gasteiger partial charge in [-0.1, -0.05) is 26.8 Å². The van der Waals surface area contributed by atoms with Crippen LogP contribution in [-0.4, -0.2) is 42.2 Å². The van der Waals surface area contributed by atoms with E-state index in [1.807, 2.05) is 12.3 Å². The number of ether oxygens (including phenoxy) is 1. The summed E-state index contributed by atoms with van der Waals surface area (Å²) in [6.45, 7) is 11.3. The van der Waals surface area contributed by atoms with Gasteiger partial charge < -0.3 is 4.74 Å². The van der Waals surface area contributed by atoms with Crippen molar-refractivity contribution in [1.29, 1.82) is 0 Å². The van der Waals surface area contributed by atoms with Crippen molar-refractivity contribution in [2.24, 2.45) is 11.8 Å². The highest BCUT2D eigenvalue weighted by Gasteiger charge is 2.22. The molecule has 1 aromatic rings. The number of aryl methyl sites for hydroxylation is 1. The molecule has 2 heterocycles. The van der Waals surface area contributed by atoms with Gasteiger partial charge in [-0.3, -0.25) is 9.88 Å². The average molecular weight is 304 g/mol. The van der Waals surface area contributed by atoms with E-state index in [4.69, 9.17) is 4.74 Å². The summed E-state index contributed by atoms with van der Waals surface area (Å²) < 4.78 is 5.98. The zero-order valence-corrected chi connectivity index (χ0v) is 14.5. The van der Waals surface area contributed by atoms with E-state index in [0.29, 0.717) is 12.0 Å². The number of rotatable bonds is 8. The van der Waals surface area contributed by atoms with Crippen LogP contribution in [0.1, 0.15) is 45.7 Å². The van der Waals surface area contributed by atoms with Crippen molar-refractivity contribution in [3.8, 4) is 0 Å². The highest BCUT2D eigenvalue weighted by Crippen LogP contribution is 2.19. The fourth-order valence-corrected chi connectivity index (χ4v) is 3.07. The minimum atomic E-state index is 0.416. The third kappa shape index (κ3) is 6.45. The molecule has 2 atom stereocenters. The summed E-state index contributed by atoms with van der Waals surface area (Å²) in [4.78, 5) is 6.99. The first-order valence-electron chi connectivity index (χ1n) is 8.87. The van der Waals surface area contributed by atoms with Gasteiger partial charge >= 0.3 is 0 Å². The predicted octanol–water partition coefficient (Wildman–Crippen LogP) is 3.79. The Morgan fingerprint density at radius 1 is 1.27 bits per heavy atom. The quantitative estimate of drug-likeness (QED) is 0.730. The summed E-state index contributed by atoms with van der Waals surface area (Å²) in [6, 6.07) is 6.18. The fourth-order valence-electron chi connectivity index (χ4n) is 3.07. The second-order valence-corrected chi connectivity index (χ2v) is 7.18. The summed E-state index contributed by atoms with van der Waals surface area (Å²) >= 11 is 0. The van der Waals surface area contributed by atoms with Crippen molar-refractivity contribution >= 4 is 0 Å².